The highest BCUT2D eigenvalue weighted by Gasteiger charge is 2.07. The largest absolute Gasteiger partial charge is 0.399 e. The van der Waals surface area contributed by atoms with Crippen LogP contribution in [0, 0.1) is 0 Å². The van der Waals surface area contributed by atoms with Crippen LogP contribution in [0.1, 0.15) is 0 Å². The van der Waals surface area contributed by atoms with Gasteiger partial charge in [0.1, 0.15) is 0 Å². The lowest BCUT2D eigenvalue weighted by Gasteiger charge is -2.10. The number of halogens is 3. The first-order chi connectivity index (χ1) is 9.45. The molecule has 2 aromatic rings. The van der Waals surface area contributed by atoms with Crippen LogP contribution in [0.25, 0.3) is 0 Å². The van der Waals surface area contributed by atoms with Gasteiger partial charge in [-0.25, -0.2) is 4.79 Å². The van der Waals surface area contributed by atoms with E-state index in [1.807, 2.05) is 0 Å². The van der Waals surface area contributed by atoms with Gasteiger partial charge in [0, 0.05) is 11.4 Å². The highest BCUT2D eigenvalue weighted by Crippen LogP contribution is 2.26. The van der Waals surface area contributed by atoms with Gasteiger partial charge in [-0.1, -0.05) is 34.8 Å². The van der Waals surface area contributed by atoms with Gasteiger partial charge in [-0.15, -0.1) is 0 Å². The molecule has 2 rings (SSSR count). The van der Waals surface area contributed by atoms with Crippen molar-refractivity contribution in [3.05, 3.63) is 51.5 Å². The van der Waals surface area contributed by atoms with Gasteiger partial charge in [-0.2, -0.15) is 0 Å². The number of nitrogen functional groups attached to an aromatic ring is 1. The SMILES string of the molecule is Nc1ccc(NC(=O)Nc2ccc(Cl)c(Cl)c2)c(Cl)c1. The standard InChI is InChI=1S/C13H10Cl3N3O/c14-9-3-2-8(6-10(9)15)18-13(20)19-12-4-1-7(17)5-11(12)16/h1-6H,17H2,(H2,18,19,20). The maximum atomic E-state index is 11.8. The Bertz CT molecular complexity index is 661. The maximum absolute atomic E-state index is 11.8. The molecule has 0 aliphatic rings. The predicted octanol–water partition coefficient (Wildman–Crippen LogP) is 4.87. The van der Waals surface area contributed by atoms with Gasteiger partial charge in [-0.3, -0.25) is 0 Å². The van der Waals surface area contributed by atoms with E-state index in [9.17, 15) is 4.79 Å². The Hall–Kier alpha value is -1.62. The van der Waals surface area contributed by atoms with Crippen LogP contribution in [0.15, 0.2) is 36.4 Å². The zero-order valence-electron chi connectivity index (χ0n) is 10.1. The monoisotopic (exact) mass is 329 g/mol. The summed E-state index contributed by atoms with van der Waals surface area (Å²) in [5.41, 5.74) is 7.07. The highest BCUT2D eigenvalue weighted by atomic mass is 35.5. The number of nitrogens with two attached hydrogens (primary N) is 1. The van der Waals surface area contributed by atoms with Crippen LogP contribution in [-0.4, -0.2) is 6.03 Å². The molecule has 0 unspecified atom stereocenters. The fourth-order valence-electron chi connectivity index (χ4n) is 1.49. The zero-order chi connectivity index (χ0) is 14.7. The highest BCUT2D eigenvalue weighted by molar-refractivity contribution is 6.42. The number of urea groups is 1. The number of rotatable bonds is 2. The van der Waals surface area contributed by atoms with Gasteiger partial charge in [-0.05, 0) is 36.4 Å². The van der Waals surface area contributed by atoms with Crippen molar-refractivity contribution in [2.24, 2.45) is 0 Å². The molecule has 0 aliphatic carbocycles. The number of carbonyl (C=O) groups is 1. The van der Waals surface area contributed by atoms with Gasteiger partial charge >= 0.3 is 6.03 Å². The average molecular weight is 331 g/mol. The van der Waals surface area contributed by atoms with Crippen LogP contribution in [0.4, 0.5) is 21.9 Å². The van der Waals surface area contributed by atoms with Crippen LogP contribution in [-0.2, 0) is 0 Å². The van der Waals surface area contributed by atoms with E-state index in [-0.39, 0.29) is 0 Å². The molecule has 104 valence electrons. The van der Waals surface area contributed by atoms with E-state index >= 15 is 0 Å². The molecule has 0 aromatic heterocycles. The third-order valence-electron chi connectivity index (χ3n) is 2.42. The number of anilines is 3. The van der Waals surface area contributed by atoms with Gasteiger partial charge in [0.05, 0.1) is 20.8 Å². The van der Waals surface area contributed by atoms with Gasteiger partial charge in [0.2, 0.25) is 0 Å². The lowest BCUT2D eigenvalue weighted by atomic mass is 10.3. The first-order valence-corrected chi connectivity index (χ1v) is 6.67. The molecule has 0 bridgehead atoms. The molecule has 0 radical (unpaired) electrons. The minimum Gasteiger partial charge on any atom is -0.399 e. The van der Waals surface area contributed by atoms with E-state index in [2.05, 4.69) is 10.6 Å². The normalized spacial score (nSPS) is 10.2. The van der Waals surface area contributed by atoms with Crippen molar-refractivity contribution in [3.8, 4) is 0 Å². The molecular weight excluding hydrogens is 321 g/mol. The Labute approximate surface area is 130 Å². The summed E-state index contributed by atoms with van der Waals surface area (Å²) in [5, 5.41) is 6.35. The van der Waals surface area contributed by atoms with Crippen molar-refractivity contribution in [2.45, 2.75) is 0 Å². The molecule has 4 nitrogen and oxygen atoms in total. The maximum Gasteiger partial charge on any atom is 0.323 e. The van der Waals surface area contributed by atoms with E-state index < -0.39 is 6.03 Å². The van der Waals surface area contributed by atoms with Gasteiger partial charge in [0.25, 0.3) is 0 Å². The fourth-order valence-corrected chi connectivity index (χ4v) is 2.03. The van der Waals surface area contributed by atoms with Crippen molar-refractivity contribution < 1.29 is 4.79 Å². The van der Waals surface area contributed by atoms with E-state index in [1.165, 1.54) is 0 Å². The number of amides is 2. The molecule has 0 atom stereocenters. The average Bonchev–Trinajstić information content (AvgIpc) is 2.37. The molecule has 0 heterocycles. The van der Waals surface area contributed by atoms with Crippen molar-refractivity contribution >= 4 is 57.9 Å². The Kier molecular flexibility index (Phi) is 4.60. The van der Waals surface area contributed by atoms with Crippen LogP contribution in [0.2, 0.25) is 15.1 Å². The number of hydrogen-bond donors (Lipinski definition) is 3. The molecule has 2 amide bonds. The van der Waals surface area contributed by atoms with Crippen molar-refractivity contribution in [3.63, 3.8) is 0 Å². The fraction of sp³-hybridized carbons (Fsp3) is 0. The summed E-state index contributed by atoms with van der Waals surface area (Å²) < 4.78 is 0. The second-order valence-corrected chi connectivity index (χ2v) is 5.17. The van der Waals surface area contributed by atoms with Crippen LogP contribution >= 0.6 is 34.8 Å². The number of nitrogens with one attached hydrogen (secondary N) is 2. The first-order valence-electron chi connectivity index (χ1n) is 5.54. The topological polar surface area (TPSA) is 67.1 Å². The van der Waals surface area contributed by atoms with Gasteiger partial charge < -0.3 is 16.4 Å². The molecule has 0 saturated carbocycles. The molecule has 0 fully saturated rings. The van der Waals surface area contributed by atoms with E-state index in [0.29, 0.717) is 32.1 Å². The Morgan fingerprint density at radius 3 is 2.30 bits per heavy atom. The quantitative estimate of drug-likeness (QED) is 0.687. The summed E-state index contributed by atoms with van der Waals surface area (Å²) in [7, 11) is 0. The predicted molar refractivity (Wildman–Crippen MR) is 85.0 cm³/mol. The molecule has 2 aromatic carbocycles. The van der Waals surface area contributed by atoms with Gasteiger partial charge in [0.15, 0.2) is 0 Å². The third kappa shape index (κ3) is 3.70. The second-order valence-electron chi connectivity index (χ2n) is 3.95. The van der Waals surface area contributed by atoms with Crippen LogP contribution in [0.3, 0.4) is 0 Å². The molecule has 7 heteroatoms. The molecule has 0 saturated heterocycles. The van der Waals surface area contributed by atoms with E-state index in [0.717, 1.165) is 0 Å². The molecule has 0 aliphatic heterocycles. The first kappa shape index (κ1) is 14.8. The summed E-state index contributed by atoms with van der Waals surface area (Å²) in [6.45, 7) is 0. The molecule has 0 spiro atoms. The Morgan fingerprint density at radius 1 is 0.900 bits per heavy atom. The summed E-state index contributed by atoms with van der Waals surface area (Å²) in [5.74, 6) is 0. The lowest BCUT2D eigenvalue weighted by Crippen LogP contribution is -2.19. The lowest BCUT2D eigenvalue weighted by molar-refractivity contribution is 0.262. The Balaban J connectivity index is 2.07. The molecular formula is C13H10Cl3N3O. The van der Waals surface area contributed by atoms with Crippen molar-refractivity contribution in [2.75, 3.05) is 16.4 Å². The molecule has 20 heavy (non-hydrogen) atoms. The number of benzene rings is 2. The minimum atomic E-state index is -0.449. The van der Waals surface area contributed by atoms with Crippen molar-refractivity contribution in [1.29, 1.82) is 0 Å². The summed E-state index contributed by atoms with van der Waals surface area (Å²) in [6, 6.07) is 9.14. The van der Waals surface area contributed by atoms with Crippen LogP contribution in [0.5, 0.6) is 0 Å². The summed E-state index contributed by atoms with van der Waals surface area (Å²) in [4.78, 5) is 11.8. The van der Waals surface area contributed by atoms with Crippen molar-refractivity contribution in [1.82, 2.24) is 0 Å². The zero-order valence-corrected chi connectivity index (χ0v) is 12.4. The second kappa shape index (κ2) is 6.22. The summed E-state index contributed by atoms with van der Waals surface area (Å²) in [6.07, 6.45) is 0. The summed E-state index contributed by atoms with van der Waals surface area (Å²) >= 11 is 17.6. The number of carbonyl (C=O) groups excluding carboxylic acids is 1. The number of hydrogen-bond acceptors (Lipinski definition) is 2. The van der Waals surface area contributed by atoms with E-state index in [4.69, 9.17) is 40.5 Å². The molecule has 4 N–H and O–H groups in total. The van der Waals surface area contributed by atoms with Crippen LogP contribution < -0.4 is 16.4 Å². The smallest absolute Gasteiger partial charge is 0.323 e. The third-order valence-corrected chi connectivity index (χ3v) is 3.47. The Morgan fingerprint density at radius 2 is 1.65 bits per heavy atom. The van der Waals surface area contributed by atoms with E-state index in [1.54, 1.807) is 36.4 Å². The minimum absolute atomic E-state index is 0.356.